The molecule has 0 amide bonds. The average molecular weight is 341 g/mol. The van der Waals surface area contributed by atoms with Gasteiger partial charge in [0.2, 0.25) is 0 Å². The molecule has 0 radical (unpaired) electrons. The van der Waals surface area contributed by atoms with Crippen LogP contribution in [-0.2, 0) is 6.54 Å². The molecule has 2 aliphatic heterocycles. The summed E-state index contributed by atoms with van der Waals surface area (Å²) in [5.41, 5.74) is 1.40. The number of nitrogens with zero attached hydrogens (tertiary/aromatic N) is 2. The van der Waals surface area contributed by atoms with Crippen molar-refractivity contribution in [2.45, 2.75) is 19.0 Å². The van der Waals surface area contributed by atoms with Crippen molar-refractivity contribution in [1.29, 1.82) is 0 Å². The van der Waals surface area contributed by atoms with Crippen LogP contribution in [0.2, 0.25) is 5.02 Å². The van der Waals surface area contributed by atoms with E-state index in [1.54, 1.807) is 14.2 Å². The van der Waals surface area contributed by atoms with Gasteiger partial charge >= 0.3 is 0 Å². The van der Waals surface area contributed by atoms with E-state index in [9.17, 15) is 5.11 Å². The van der Waals surface area contributed by atoms with Gasteiger partial charge in [0, 0.05) is 37.6 Å². The molecule has 2 heterocycles. The van der Waals surface area contributed by atoms with Crippen molar-refractivity contribution in [2.75, 3.05) is 47.5 Å². The van der Waals surface area contributed by atoms with Crippen LogP contribution in [0.15, 0.2) is 12.1 Å². The van der Waals surface area contributed by atoms with Crippen molar-refractivity contribution in [3.8, 4) is 11.5 Å². The predicted octanol–water partition coefficient (Wildman–Crippen LogP) is 1.86. The third-order valence-electron chi connectivity index (χ3n) is 5.16. The molecule has 1 aromatic rings. The van der Waals surface area contributed by atoms with Gasteiger partial charge in [-0.15, -0.1) is 0 Å². The van der Waals surface area contributed by atoms with Crippen molar-refractivity contribution < 1.29 is 14.6 Å². The Morgan fingerprint density at radius 2 is 2.00 bits per heavy atom. The summed E-state index contributed by atoms with van der Waals surface area (Å²) in [7, 11) is 5.32. The summed E-state index contributed by atoms with van der Waals surface area (Å²) in [5.74, 6) is 1.26. The zero-order chi connectivity index (χ0) is 16.6. The summed E-state index contributed by atoms with van der Waals surface area (Å²) in [5, 5.41) is 10.1. The number of rotatable bonds is 5. The Morgan fingerprint density at radius 3 is 2.57 bits per heavy atom. The minimum absolute atomic E-state index is 0.250. The Labute approximate surface area is 142 Å². The van der Waals surface area contributed by atoms with Crippen molar-refractivity contribution in [3.63, 3.8) is 0 Å². The predicted molar refractivity (Wildman–Crippen MR) is 90.4 cm³/mol. The molecule has 1 unspecified atom stereocenters. The monoisotopic (exact) mass is 340 g/mol. The number of benzene rings is 1. The van der Waals surface area contributed by atoms with Crippen LogP contribution in [0, 0.1) is 5.41 Å². The van der Waals surface area contributed by atoms with E-state index in [4.69, 9.17) is 21.1 Å². The number of methoxy groups -OCH3 is 2. The fourth-order valence-electron chi connectivity index (χ4n) is 4.12. The second kappa shape index (κ2) is 6.48. The zero-order valence-corrected chi connectivity index (χ0v) is 14.8. The summed E-state index contributed by atoms with van der Waals surface area (Å²) in [6, 6.07) is 4.22. The van der Waals surface area contributed by atoms with Crippen LogP contribution in [0.3, 0.4) is 0 Å². The van der Waals surface area contributed by atoms with Gasteiger partial charge in [0.25, 0.3) is 0 Å². The van der Waals surface area contributed by atoms with E-state index < -0.39 is 0 Å². The maximum Gasteiger partial charge on any atom is 0.179 e. The highest BCUT2D eigenvalue weighted by molar-refractivity contribution is 6.33. The van der Waals surface area contributed by atoms with Crippen LogP contribution in [0.5, 0.6) is 11.5 Å². The Balaban J connectivity index is 1.65. The first kappa shape index (κ1) is 16.8. The number of halogens is 1. The van der Waals surface area contributed by atoms with Gasteiger partial charge in [-0.25, -0.2) is 0 Å². The molecule has 0 aromatic heterocycles. The van der Waals surface area contributed by atoms with Crippen molar-refractivity contribution >= 4 is 11.6 Å². The second-order valence-electron chi connectivity index (χ2n) is 6.87. The van der Waals surface area contributed by atoms with Crippen LogP contribution in [0.4, 0.5) is 0 Å². The molecule has 0 aliphatic carbocycles. The fourth-order valence-corrected chi connectivity index (χ4v) is 4.41. The second-order valence-corrected chi connectivity index (χ2v) is 7.25. The van der Waals surface area contributed by atoms with Crippen LogP contribution < -0.4 is 9.47 Å². The lowest BCUT2D eigenvalue weighted by Gasteiger charge is -2.48. The first-order valence-corrected chi connectivity index (χ1v) is 8.32. The topological polar surface area (TPSA) is 45.2 Å². The molecule has 2 fully saturated rings. The van der Waals surface area contributed by atoms with Gasteiger partial charge in [0.1, 0.15) is 0 Å². The van der Waals surface area contributed by atoms with Gasteiger partial charge in [-0.1, -0.05) is 17.7 Å². The van der Waals surface area contributed by atoms with Crippen LogP contribution in [-0.4, -0.2) is 68.5 Å². The zero-order valence-electron chi connectivity index (χ0n) is 14.0. The quantitative estimate of drug-likeness (QED) is 0.886. The Morgan fingerprint density at radius 1 is 1.26 bits per heavy atom. The number of hydrogen-bond acceptors (Lipinski definition) is 5. The molecule has 2 aliphatic rings. The fraction of sp³-hybridized carbons (Fsp3) is 0.647. The SMILES string of the molecule is COc1ccc(CN2CC3(CC(CO)N(C)C3)C2)c(Cl)c1OC. The number of hydrogen-bond donors (Lipinski definition) is 1. The Hall–Kier alpha value is -1.01. The lowest BCUT2D eigenvalue weighted by molar-refractivity contribution is 0.00300. The van der Waals surface area contributed by atoms with E-state index in [-0.39, 0.29) is 6.61 Å². The molecule has 23 heavy (non-hydrogen) atoms. The average Bonchev–Trinajstić information content (AvgIpc) is 2.85. The first-order chi connectivity index (χ1) is 11.0. The van der Waals surface area contributed by atoms with E-state index >= 15 is 0 Å². The highest BCUT2D eigenvalue weighted by atomic mass is 35.5. The van der Waals surface area contributed by atoms with Crippen LogP contribution >= 0.6 is 11.6 Å². The van der Waals surface area contributed by atoms with Crippen LogP contribution in [0.25, 0.3) is 0 Å². The molecule has 5 nitrogen and oxygen atoms in total. The molecule has 2 saturated heterocycles. The summed E-state index contributed by atoms with van der Waals surface area (Å²) < 4.78 is 10.6. The van der Waals surface area contributed by atoms with Gasteiger partial charge in [-0.3, -0.25) is 4.90 Å². The van der Waals surface area contributed by atoms with Crippen molar-refractivity contribution in [3.05, 3.63) is 22.7 Å². The Kier molecular flexibility index (Phi) is 4.74. The summed E-state index contributed by atoms with van der Waals surface area (Å²) in [4.78, 5) is 4.68. The standard InChI is InChI=1S/C17H25ClN2O3/c1-19-9-17(6-13(19)8-21)10-20(11-17)7-12-4-5-14(22-2)16(23-3)15(12)18/h4-5,13,21H,6-11H2,1-3H3. The molecule has 1 atom stereocenters. The van der Waals surface area contributed by atoms with Gasteiger partial charge in [-0.05, 0) is 25.1 Å². The maximum absolute atomic E-state index is 9.43. The number of likely N-dealkylation sites (tertiary alicyclic amines) is 2. The summed E-state index contributed by atoms with van der Waals surface area (Å²) in [6.45, 7) is 4.24. The highest BCUT2D eigenvalue weighted by Crippen LogP contribution is 2.44. The summed E-state index contributed by atoms with van der Waals surface area (Å²) in [6.07, 6.45) is 1.08. The first-order valence-electron chi connectivity index (χ1n) is 7.95. The molecule has 0 bridgehead atoms. The smallest absolute Gasteiger partial charge is 0.179 e. The maximum atomic E-state index is 9.43. The third kappa shape index (κ3) is 3.03. The van der Waals surface area contributed by atoms with Gasteiger partial charge in [0.15, 0.2) is 11.5 Å². The van der Waals surface area contributed by atoms with E-state index in [1.165, 1.54) is 0 Å². The lowest BCUT2D eigenvalue weighted by atomic mass is 9.77. The molecule has 1 aromatic carbocycles. The summed E-state index contributed by atoms with van der Waals surface area (Å²) >= 11 is 6.46. The molecular formula is C17H25ClN2O3. The Bertz CT molecular complexity index is 575. The van der Waals surface area contributed by atoms with Crippen LogP contribution in [0.1, 0.15) is 12.0 Å². The number of aliphatic hydroxyl groups is 1. The third-order valence-corrected chi connectivity index (χ3v) is 5.58. The highest BCUT2D eigenvalue weighted by Gasteiger charge is 2.49. The molecule has 3 rings (SSSR count). The molecular weight excluding hydrogens is 316 g/mol. The number of aliphatic hydroxyl groups excluding tert-OH is 1. The minimum atomic E-state index is 0.250. The minimum Gasteiger partial charge on any atom is -0.493 e. The largest absolute Gasteiger partial charge is 0.493 e. The molecule has 0 saturated carbocycles. The van der Waals surface area contributed by atoms with E-state index in [0.717, 1.165) is 38.2 Å². The number of likely N-dealkylation sites (N-methyl/N-ethyl adjacent to an activating group) is 1. The lowest BCUT2D eigenvalue weighted by Crippen LogP contribution is -2.56. The van der Waals surface area contributed by atoms with E-state index in [2.05, 4.69) is 16.8 Å². The molecule has 128 valence electrons. The van der Waals surface area contributed by atoms with Crippen molar-refractivity contribution in [1.82, 2.24) is 9.80 Å². The van der Waals surface area contributed by atoms with E-state index in [0.29, 0.717) is 28.0 Å². The van der Waals surface area contributed by atoms with Gasteiger partial charge in [-0.2, -0.15) is 0 Å². The van der Waals surface area contributed by atoms with Gasteiger partial charge in [0.05, 0.1) is 25.8 Å². The molecule has 1 N–H and O–H groups in total. The molecule has 1 spiro atoms. The van der Waals surface area contributed by atoms with Gasteiger partial charge < -0.3 is 19.5 Å². The normalized spacial score (nSPS) is 24.0. The van der Waals surface area contributed by atoms with Crippen molar-refractivity contribution in [2.24, 2.45) is 5.41 Å². The van der Waals surface area contributed by atoms with E-state index in [1.807, 2.05) is 12.1 Å². The molecule has 6 heteroatoms. The number of ether oxygens (including phenoxy) is 2.